The average Bonchev–Trinajstić information content (AvgIpc) is 2.07. The van der Waals surface area contributed by atoms with Gasteiger partial charge in [0.2, 0.25) is 0 Å². The highest BCUT2D eigenvalue weighted by Crippen LogP contribution is 2.23. The van der Waals surface area contributed by atoms with Gasteiger partial charge in [-0.1, -0.05) is 15.1 Å². The highest BCUT2D eigenvalue weighted by atomic mass is 32.2. The lowest BCUT2D eigenvalue weighted by atomic mass is 10.3. The summed E-state index contributed by atoms with van der Waals surface area (Å²) in [6.07, 6.45) is 0.539. The van der Waals surface area contributed by atoms with Gasteiger partial charge < -0.3 is 0 Å². The van der Waals surface area contributed by atoms with E-state index in [2.05, 4.69) is 0 Å². The van der Waals surface area contributed by atoms with Crippen molar-refractivity contribution < 1.29 is 21.7 Å². The molecule has 7 heteroatoms. The summed E-state index contributed by atoms with van der Waals surface area (Å²) in [6, 6.07) is 2.58. The van der Waals surface area contributed by atoms with Gasteiger partial charge in [0.05, 0.1) is 6.26 Å². The molecule has 0 aliphatic rings. The fourth-order valence-corrected chi connectivity index (χ4v) is 1.31. The van der Waals surface area contributed by atoms with Crippen LogP contribution in [0.4, 0.5) is 18.9 Å². The summed E-state index contributed by atoms with van der Waals surface area (Å²) in [4.78, 5) is 0. The predicted molar refractivity (Wildman–Crippen MR) is 44.8 cm³/mol. The van der Waals surface area contributed by atoms with E-state index >= 15 is 0 Å². The lowest BCUT2D eigenvalue weighted by molar-refractivity contribution is 0.467. The fourth-order valence-electron chi connectivity index (χ4n) is 0.807. The molecule has 0 aliphatic heterocycles. The molecule has 0 fully saturated rings. The van der Waals surface area contributed by atoms with Gasteiger partial charge in [0.25, 0.3) is 10.0 Å². The van der Waals surface area contributed by atoms with Crippen LogP contribution >= 0.6 is 0 Å². The zero-order valence-corrected chi connectivity index (χ0v) is 7.85. The number of anilines is 1. The number of sulfonamides is 1. The maximum absolute atomic E-state index is 12.9. The van der Waals surface area contributed by atoms with Gasteiger partial charge >= 0.3 is 0 Å². The summed E-state index contributed by atoms with van der Waals surface area (Å²) in [5.41, 5.74) is -0.965. The number of halogens is 3. The minimum Gasteiger partial charge on any atom is -0.204 e. The van der Waals surface area contributed by atoms with Crippen molar-refractivity contribution in [3.05, 3.63) is 29.8 Å². The molecule has 0 heterocycles. The highest BCUT2D eigenvalue weighted by molar-refractivity contribution is 7.91. The van der Waals surface area contributed by atoms with Crippen molar-refractivity contribution in [3.8, 4) is 0 Å². The zero-order chi connectivity index (χ0) is 10.9. The Balaban J connectivity index is 3.28. The molecule has 0 N–H and O–H groups in total. The van der Waals surface area contributed by atoms with Crippen molar-refractivity contribution in [1.29, 1.82) is 0 Å². The molecule has 0 atom stereocenters. The zero-order valence-electron chi connectivity index (χ0n) is 7.04. The third kappa shape index (κ3) is 1.98. The molecule has 0 saturated heterocycles. The van der Waals surface area contributed by atoms with Crippen LogP contribution in [-0.2, 0) is 10.0 Å². The van der Waals surface area contributed by atoms with Crippen LogP contribution in [0.25, 0.3) is 0 Å². The molecule has 1 rings (SSSR count). The number of rotatable bonds is 2. The average molecular weight is 225 g/mol. The molecule has 0 unspecified atom stereocenters. The molecule has 0 saturated carbocycles. The van der Waals surface area contributed by atoms with Crippen LogP contribution < -0.4 is 4.53 Å². The fraction of sp³-hybridized carbons (Fsp3) is 0.143. The van der Waals surface area contributed by atoms with Crippen LogP contribution in [0.15, 0.2) is 18.2 Å². The minimum atomic E-state index is -4.24. The molecule has 14 heavy (non-hydrogen) atoms. The summed E-state index contributed by atoms with van der Waals surface area (Å²) in [5.74, 6) is -2.85. The van der Waals surface area contributed by atoms with E-state index < -0.39 is 31.9 Å². The number of benzene rings is 1. The van der Waals surface area contributed by atoms with Crippen molar-refractivity contribution in [2.75, 3.05) is 10.8 Å². The summed E-state index contributed by atoms with van der Waals surface area (Å²) in [5, 5.41) is 0. The largest absolute Gasteiger partial charge is 0.258 e. The normalized spacial score (nSPS) is 11.4. The summed E-state index contributed by atoms with van der Waals surface area (Å²) in [6.45, 7) is 0. The van der Waals surface area contributed by atoms with Crippen LogP contribution in [0.3, 0.4) is 0 Å². The Morgan fingerprint density at radius 2 is 1.86 bits per heavy atom. The molecule has 1 aromatic rings. The van der Waals surface area contributed by atoms with Crippen molar-refractivity contribution in [2.45, 2.75) is 0 Å². The molecule has 3 nitrogen and oxygen atoms in total. The van der Waals surface area contributed by atoms with Gasteiger partial charge in [-0.05, 0) is 12.1 Å². The second-order valence-electron chi connectivity index (χ2n) is 2.55. The molecule has 0 spiro atoms. The maximum Gasteiger partial charge on any atom is 0.258 e. The van der Waals surface area contributed by atoms with Gasteiger partial charge in [0, 0.05) is 0 Å². The summed E-state index contributed by atoms with van der Waals surface area (Å²) in [7, 11) is -4.24. The lowest BCUT2D eigenvalue weighted by Crippen LogP contribution is -2.21. The Morgan fingerprint density at radius 3 is 2.36 bits per heavy atom. The van der Waals surface area contributed by atoms with E-state index in [9.17, 15) is 21.7 Å². The quantitative estimate of drug-likeness (QED) is 0.717. The molecule has 0 bridgehead atoms. The Labute approximate surface area is 78.7 Å². The van der Waals surface area contributed by atoms with Gasteiger partial charge in [-0.15, -0.1) is 0 Å². The highest BCUT2D eigenvalue weighted by Gasteiger charge is 2.22. The second-order valence-corrected chi connectivity index (χ2v) is 4.34. The first kappa shape index (κ1) is 10.8. The predicted octanol–water partition coefficient (Wildman–Crippen LogP) is 1.62. The van der Waals surface area contributed by atoms with Crippen molar-refractivity contribution in [1.82, 2.24) is 0 Å². The topological polar surface area (TPSA) is 37.4 Å². The molecule has 78 valence electrons. The molecule has 0 amide bonds. The third-order valence-corrected chi connectivity index (χ3v) is 2.19. The first-order valence-electron chi connectivity index (χ1n) is 3.44. The van der Waals surface area contributed by atoms with Crippen LogP contribution in [-0.4, -0.2) is 14.7 Å². The van der Waals surface area contributed by atoms with E-state index in [4.69, 9.17) is 0 Å². The van der Waals surface area contributed by atoms with E-state index in [0.717, 1.165) is 18.2 Å². The van der Waals surface area contributed by atoms with Crippen LogP contribution in [0.2, 0.25) is 0 Å². The third-order valence-electron chi connectivity index (χ3n) is 1.41. The molecular formula is C7H6F3NO2S. The lowest BCUT2D eigenvalue weighted by Gasteiger charge is -2.11. The minimum absolute atomic E-state index is 0.539. The number of hydrogen-bond acceptors (Lipinski definition) is 2. The Kier molecular flexibility index (Phi) is 2.70. The first-order chi connectivity index (χ1) is 6.34. The molecule has 0 aliphatic carbocycles. The van der Waals surface area contributed by atoms with Crippen molar-refractivity contribution >= 4 is 15.7 Å². The van der Waals surface area contributed by atoms with E-state index in [0.29, 0.717) is 6.26 Å². The Hall–Kier alpha value is -1.24. The standard InChI is InChI=1S/C7H6F3NO2S/c1-14(12,13)11(10)6-4-2-3-5(8)7(6)9/h2-4H,1H3. The van der Waals surface area contributed by atoms with E-state index in [1.165, 1.54) is 0 Å². The Morgan fingerprint density at radius 1 is 1.29 bits per heavy atom. The van der Waals surface area contributed by atoms with E-state index in [-0.39, 0.29) is 0 Å². The summed E-state index contributed by atoms with van der Waals surface area (Å²) >= 11 is 0. The maximum atomic E-state index is 12.9. The SMILES string of the molecule is CS(=O)(=O)N(F)c1cccc(F)c1F. The van der Waals surface area contributed by atoms with Crippen molar-refractivity contribution in [2.24, 2.45) is 0 Å². The number of nitrogens with zero attached hydrogens (tertiary/aromatic N) is 1. The van der Waals surface area contributed by atoms with E-state index in [1.54, 1.807) is 0 Å². The van der Waals surface area contributed by atoms with E-state index in [1.807, 2.05) is 0 Å². The van der Waals surface area contributed by atoms with Gasteiger partial charge in [0.1, 0.15) is 5.69 Å². The second kappa shape index (κ2) is 3.49. The molecular weight excluding hydrogens is 219 g/mol. The monoisotopic (exact) mass is 225 g/mol. The molecule has 1 aromatic carbocycles. The molecule has 0 aromatic heterocycles. The van der Waals surface area contributed by atoms with Crippen LogP contribution in [0.5, 0.6) is 0 Å². The van der Waals surface area contributed by atoms with Crippen molar-refractivity contribution in [3.63, 3.8) is 0 Å². The van der Waals surface area contributed by atoms with Gasteiger partial charge in [-0.2, -0.15) is 0 Å². The smallest absolute Gasteiger partial charge is 0.204 e. The number of hydrogen-bond donors (Lipinski definition) is 0. The van der Waals surface area contributed by atoms with Gasteiger partial charge in [0.15, 0.2) is 11.6 Å². The van der Waals surface area contributed by atoms with Crippen LogP contribution in [0, 0.1) is 11.6 Å². The van der Waals surface area contributed by atoms with Gasteiger partial charge in [-0.3, -0.25) is 0 Å². The van der Waals surface area contributed by atoms with Gasteiger partial charge in [-0.25, -0.2) is 17.2 Å². The summed E-state index contributed by atoms with van der Waals surface area (Å²) < 4.78 is 58.8. The Bertz CT molecular complexity index is 446. The van der Waals surface area contributed by atoms with Crippen LogP contribution in [0.1, 0.15) is 0 Å². The first-order valence-corrected chi connectivity index (χ1v) is 5.29. The molecule has 0 radical (unpaired) electrons.